The van der Waals surface area contributed by atoms with Crippen LogP contribution in [0.5, 0.6) is 5.75 Å². The van der Waals surface area contributed by atoms with Gasteiger partial charge >= 0.3 is 12.1 Å². The van der Waals surface area contributed by atoms with Gasteiger partial charge in [-0.3, -0.25) is 9.59 Å². The molecule has 1 heterocycles. The molecule has 0 aliphatic heterocycles. The molecule has 0 fully saturated rings. The molecule has 1 aromatic carbocycles. The van der Waals surface area contributed by atoms with Crippen LogP contribution in [0.4, 0.5) is 18.9 Å². The van der Waals surface area contributed by atoms with E-state index in [1.807, 2.05) is 0 Å². The first-order valence-corrected chi connectivity index (χ1v) is 7.84. The van der Waals surface area contributed by atoms with Crippen molar-refractivity contribution in [1.29, 1.82) is 0 Å². The number of carboxylic acids is 1. The number of carboxylic acid groups (broad SMARTS) is 1. The van der Waals surface area contributed by atoms with Gasteiger partial charge in [-0.2, -0.15) is 13.2 Å². The summed E-state index contributed by atoms with van der Waals surface area (Å²) in [5, 5.41) is 11.0. The highest BCUT2D eigenvalue weighted by Crippen LogP contribution is 2.26. The molecule has 27 heavy (non-hydrogen) atoms. The number of alkyl halides is 3. The highest BCUT2D eigenvalue weighted by molar-refractivity contribution is 6.02. The van der Waals surface area contributed by atoms with E-state index in [0.29, 0.717) is 17.9 Å². The molecule has 0 radical (unpaired) electrons. The van der Waals surface area contributed by atoms with Crippen molar-refractivity contribution >= 4 is 17.6 Å². The van der Waals surface area contributed by atoms with Gasteiger partial charge in [0.05, 0.1) is 6.61 Å². The van der Waals surface area contributed by atoms with Gasteiger partial charge in [0.2, 0.25) is 5.82 Å². The first kappa shape index (κ1) is 20.1. The molecule has 2 aromatic rings. The summed E-state index contributed by atoms with van der Waals surface area (Å²) in [6.07, 6.45) is -4.41. The molecule has 1 amide bonds. The van der Waals surface area contributed by atoms with Crippen molar-refractivity contribution in [3.05, 3.63) is 47.5 Å². The molecule has 1 aromatic heterocycles. The Morgan fingerprint density at radius 1 is 1.19 bits per heavy atom. The number of ether oxygens (including phenoxy) is 1. The zero-order valence-corrected chi connectivity index (χ0v) is 14.2. The Morgan fingerprint density at radius 2 is 1.85 bits per heavy atom. The number of anilines is 1. The number of benzene rings is 1. The monoisotopic (exact) mass is 383 g/mol. The molecule has 7 nitrogen and oxygen atoms in total. The standard InChI is InChI=1S/C17H16F3N3O4/c1-10-9-13(23-16(21-10)17(18,19)20)15(26)22-11-4-6-12(7-5-11)27-8-2-3-14(24)25/h4-7,9H,2-3,8H2,1H3,(H,22,26)(H,24,25). The fourth-order valence-electron chi connectivity index (χ4n) is 2.05. The molecule has 0 atom stereocenters. The summed E-state index contributed by atoms with van der Waals surface area (Å²) in [6.45, 7) is 1.56. The minimum atomic E-state index is -4.75. The van der Waals surface area contributed by atoms with E-state index < -0.39 is 29.6 Å². The summed E-state index contributed by atoms with van der Waals surface area (Å²) in [5.74, 6) is -2.63. The number of amides is 1. The predicted octanol–water partition coefficient (Wildman–Crippen LogP) is 3.30. The molecule has 0 unspecified atom stereocenters. The summed E-state index contributed by atoms with van der Waals surface area (Å²) in [6, 6.07) is 7.25. The third kappa shape index (κ3) is 6.24. The first-order valence-electron chi connectivity index (χ1n) is 7.84. The van der Waals surface area contributed by atoms with Crippen molar-refractivity contribution in [3.8, 4) is 5.75 Å². The maximum atomic E-state index is 12.8. The molecular formula is C17H16F3N3O4. The molecule has 0 aliphatic rings. The molecule has 0 aliphatic carbocycles. The Balaban J connectivity index is 2.00. The Kier molecular flexibility index (Phi) is 6.32. The van der Waals surface area contributed by atoms with Crippen LogP contribution in [0, 0.1) is 6.92 Å². The second-order valence-electron chi connectivity index (χ2n) is 5.54. The third-order valence-corrected chi connectivity index (χ3v) is 3.26. The van der Waals surface area contributed by atoms with Crippen LogP contribution in [0.3, 0.4) is 0 Å². The van der Waals surface area contributed by atoms with E-state index in [4.69, 9.17) is 9.84 Å². The van der Waals surface area contributed by atoms with E-state index >= 15 is 0 Å². The lowest BCUT2D eigenvalue weighted by atomic mass is 10.2. The molecule has 144 valence electrons. The van der Waals surface area contributed by atoms with Crippen LogP contribution in [-0.4, -0.2) is 33.6 Å². The zero-order chi connectivity index (χ0) is 20.0. The maximum Gasteiger partial charge on any atom is 0.451 e. The highest BCUT2D eigenvalue weighted by Gasteiger charge is 2.35. The molecule has 0 spiro atoms. The molecule has 10 heteroatoms. The maximum absolute atomic E-state index is 12.8. The van der Waals surface area contributed by atoms with Gasteiger partial charge in [-0.25, -0.2) is 9.97 Å². The van der Waals surface area contributed by atoms with Gasteiger partial charge in [-0.05, 0) is 43.7 Å². The fraction of sp³-hybridized carbons (Fsp3) is 0.294. The van der Waals surface area contributed by atoms with Crippen molar-refractivity contribution in [2.75, 3.05) is 11.9 Å². The minimum Gasteiger partial charge on any atom is -0.494 e. The van der Waals surface area contributed by atoms with E-state index in [0.717, 1.165) is 6.07 Å². The lowest BCUT2D eigenvalue weighted by molar-refractivity contribution is -0.145. The Morgan fingerprint density at radius 3 is 2.44 bits per heavy atom. The third-order valence-electron chi connectivity index (χ3n) is 3.26. The highest BCUT2D eigenvalue weighted by atomic mass is 19.4. The van der Waals surface area contributed by atoms with Crippen molar-refractivity contribution in [3.63, 3.8) is 0 Å². The van der Waals surface area contributed by atoms with E-state index in [2.05, 4.69) is 15.3 Å². The topological polar surface area (TPSA) is 101 Å². The number of halogens is 3. The molecule has 0 bridgehead atoms. The van der Waals surface area contributed by atoms with Crippen molar-refractivity contribution < 1.29 is 32.6 Å². The largest absolute Gasteiger partial charge is 0.494 e. The smallest absolute Gasteiger partial charge is 0.451 e. The average molecular weight is 383 g/mol. The van der Waals surface area contributed by atoms with Gasteiger partial charge < -0.3 is 15.2 Å². The van der Waals surface area contributed by atoms with Crippen LogP contribution in [0.2, 0.25) is 0 Å². The normalized spacial score (nSPS) is 11.1. The molecular weight excluding hydrogens is 367 g/mol. The number of nitrogens with one attached hydrogen (secondary N) is 1. The number of aromatic nitrogens is 2. The fourth-order valence-corrected chi connectivity index (χ4v) is 2.05. The van der Waals surface area contributed by atoms with E-state index in [-0.39, 0.29) is 18.7 Å². The molecule has 2 N–H and O–H groups in total. The van der Waals surface area contributed by atoms with Crippen LogP contribution >= 0.6 is 0 Å². The Hall–Kier alpha value is -3.17. The van der Waals surface area contributed by atoms with Gasteiger partial charge in [0.25, 0.3) is 5.91 Å². The van der Waals surface area contributed by atoms with Crippen molar-refractivity contribution in [2.24, 2.45) is 0 Å². The van der Waals surface area contributed by atoms with Crippen LogP contribution in [-0.2, 0) is 11.0 Å². The lowest BCUT2D eigenvalue weighted by Crippen LogP contribution is -2.19. The second kappa shape index (κ2) is 8.47. The van der Waals surface area contributed by atoms with E-state index in [9.17, 15) is 22.8 Å². The first-order chi connectivity index (χ1) is 12.6. The Bertz CT molecular complexity index is 823. The van der Waals surface area contributed by atoms with Gasteiger partial charge in [0.1, 0.15) is 11.4 Å². The van der Waals surface area contributed by atoms with E-state index in [1.54, 1.807) is 12.1 Å². The summed E-state index contributed by atoms with van der Waals surface area (Å²) < 4.78 is 43.6. The average Bonchev–Trinajstić information content (AvgIpc) is 2.58. The van der Waals surface area contributed by atoms with Crippen LogP contribution < -0.4 is 10.1 Å². The van der Waals surface area contributed by atoms with Gasteiger partial charge in [0.15, 0.2) is 0 Å². The molecule has 0 saturated carbocycles. The summed E-state index contributed by atoms with van der Waals surface area (Å²) in [7, 11) is 0. The number of rotatable bonds is 7. The van der Waals surface area contributed by atoms with Crippen LogP contribution in [0.1, 0.15) is 34.8 Å². The summed E-state index contributed by atoms with van der Waals surface area (Å²) in [4.78, 5) is 29.1. The quantitative estimate of drug-likeness (QED) is 0.712. The summed E-state index contributed by atoms with van der Waals surface area (Å²) in [5.41, 5.74) is -0.0425. The van der Waals surface area contributed by atoms with Crippen molar-refractivity contribution in [2.45, 2.75) is 25.9 Å². The number of nitrogens with zero attached hydrogens (tertiary/aromatic N) is 2. The molecule has 2 rings (SSSR count). The number of hydrogen-bond acceptors (Lipinski definition) is 5. The number of aliphatic carboxylic acids is 1. The molecule has 0 saturated heterocycles. The number of carbonyl (C=O) groups excluding carboxylic acids is 1. The van der Waals surface area contributed by atoms with Gasteiger partial charge in [0, 0.05) is 17.8 Å². The SMILES string of the molecule is Cc1cc(C(=O)Nc2ccc(OCCCC(=O)O)cc2)nc(C(F)(F)F)n1. The second-order valence-corrected chi connectivity index (χ2v) is 5.54. The van der Waals surface area contributed by atoms with Crippen LogP contribution in [0.15, 0.2) is 30.3 Å². The van der Waals surface area contributed by atoms with Gasteiger partial charge in [-0.15, -0.1) is 0 Å². The number of carbonyl (C=O) groups is 2. The zero-order valence-electron chi connectivity index (χ0n) is 14.2. The minimum absolute atomic E-state index is 0.00754. The predicted molar refractivity (Wildman–Crippen MR) is 88.5 cm³/mol. The number of aryl methyl sites for hydroxylation is 1. The lowest BCUT2D eigenvalue weighted by Gasteiger charge is -2.10. The van der Waals surface area contributed by atoms with Gasteiger partial charge in [-0.1, -0.05) is 0 Å². The van der Waals surface area contributed by atoms with E-state index in [1.165, 1.54) is 19.1 Å². The number of hydrogen-bond donors (Lipinski definition) is 2. The van der Waals surface area contributed by atoms with Crippen LogP contribution in [0.25, 0.3) is 0 Å². The van der Waals surface area contributed by atoms with Crippen molar-refractivity contribution in [1.82, 2.24) is 9.97 Å². The summed E-state index contributed by atoms with van der Waals surface area (Å²) >= 11 is 0. The Labute approximate surface area is 152 Å².